The largest absolute Gasteiger partial charge is 0.369 e. The molecule has 154 valence electrons. The van der Waals surface area contributed by atoms with Gasteiger partial charge in [-0.3, -0.25) is 0 Å². The minimum absolute atomic E-state index is 0.207. The van der Waals surface area contributed by atoms with Crippen LogP contribution in [-0.2, 0) is 10.0 Å². The number of likely N-dealkylation sites (tertiary alicyclic amines) is 1. The Morgan fingerprint density at radius 2 is 1.93 bits per heavy atom. The van der Waals surface area contributed by atoms with Crippen LogP contribution in [0.3, 0.4) is 0 Å². The molecule has 3 rings (SSSR count). The number of nitrogens with zero attached hydrogens (tertiary/aromatic N) is 4. The van der Waals surface area contributed by atoms with Crippen molar-refractivity contribution in [2.75, 3.05) is 43.4 Å². The van der Waals surface area contributed by atoms with Crippen molar-refractivity contribution in [3.63, 3.8) is 0 Å². The Morgan fingerprint density at radius 3 is 2.59 bits per heavy atom. The van der Waals surface area contributed by atoms with E-state index >= 15 is 0 Å². The van der Waals surface area contributed by atoms with Gasteiger partial charge >= 0.3 is 0 Å². The van der Waals surface area contributed by atoms with Crippen molar-refractivity contribution in [3.05, 3.63) is 36.0 Å². The Labute approximate surface area is 171 Å². The van der Waals surface area contributed by atoms with Gasteiger partial charge in [-0.2, -0.15) is 10.2 Å². The third kappa shape index (κ3) is 5.63. The molecule has 1 aromatic heterocycles. The van der Waals surface area contributed by atoms with Crippen molar-refractivity contribution in [2.24, 2.45) is 0 Å². The summed E-state index contributed by atoms with van der Waals surface area (Å²) in [6.45, 7) is 5.73. The lowest BCUT2D eigenvalue weighted by atomic mass is 10.3. The highest BCUT2D eigenvalue weighted by atomic mass is 32.2. The van der Waals surface area contributed by atoms with E-state index in [4.69, 9.17) is 5.26 Å². The summed E-state index contributed by atoms with van der Waals surface area (Å²) in [5.74, 6) is 0.771. The maximum atomic E-state index is 12.4. The van der Waals surface area contributed by atoms with Crippen LogP contribution in [0.15, 0.2) is 35.4 Å². The highest BCUT2D eigenvalue weighted by Crippen LogP contribution is 2.19. The molecule has 0 bridgehead atoms. The van der Waals surface area contributed by atoms with Crippen LogP contribution in [0.25, 0.3) is 0 Å². The molecule has 0 atom stereocenters. The molecule has 1 fully saturated rings. The van der Waals surface area contributed by atoms with Gasteiger partial charge in [0.2, 0.25) is 16.0 Å². The summed E-state index contributed by atoms with van der Waals surface area (Å²) in [6, 6.07) is 8.42. The van der Waals surface area contributed by atoms with Gasteiger partial charge in [0.05, 0.1) is 11.1 Å². The summed E-state index contributed by atoms with van der Waals surface area (Å²) in [5.41, 5.74) is 1.01. The molecule has 2 aromatic rings. The summed E-state index contributed by atoms with van der Waals surface area (Å²) in [6.07, 6.45) is 3.80. The van der Waals surface area contributed by atoms with Gasteiger partial charge in [0.15, 0.2) is 0 Å². The molecule has 3 N–H and O–H groups in total. The van der Waals surface area contributed by atoms with Gasteiger partial charge in [-0.25, -0.2) is 18.1 Å². The molecule has 1 saturated heterocycles. The van der Waals surface area contributed by atoms with E-state index in [9.17, 15) is 8.42 Å². The fraction of sp³-hybridized carbons (Fsp3) is 0.421. The number of nitriles is 1. The highest BCUT2D eigenvalue weighted by molar-refractivity contribution is 7.89. The lowest BCUT2D eigenvalue weighted by Crippen LogP contribution is -2.33. The monoisotopic (exact) mass is 415 g/mol. The van der Waals surface area contributed by atoms with Gasteiger partial charge in [0.1, 0.15) is 17.5 Å². The van der Waals surface area contributed by atoms with Crippen molar-refractivity contribution < 1.29 is 8.42 Å². The second-order valence-corrected chi connectivity index (χ2v) is 8.46. The Hall–Kier alpha value is -2.74. The molecule has 1 aliphatic heterocycles. The van der Waals surface area contributed by atoms with Crippen LogP contribution < -0.4 is 15.4 Å². The van der Waals surface area contributed by atoms with E-state index in [1.165, 1.54) is 31.2 Å². The predicted octanol–water partition coefficient (Wildman–Crippen LogP) is 1.90. The van der Waals surface area contributed by atoms with Crippen LogP contribution in [0, 0.1) is 11.3 Å². The molecule has 10 heteroatoms. The molecule has 29 heavy (non-hydrogen) atoms. The quantitative estimate of drug-likeness (QED) is 0.567. The first kappa shape index (κ1) is 21.0. The van der Waals surface area contributed by atoms with Crippen molar-refractivity contribution in [1.29, 1.82) is 5.26 Å². The van der Waals surface area contributed by atoms with Crippen LogP contribution in [0.2, 0.25) is 0 Å². The normalized spacial score (nSPS) is 14.5. The number of rotatable bonds is 9. The Balaban J connectivity index is 1.62. The summed E-state index contributed by atoms with van der Waals surface area (Å²) >= 11 is 0. The number of anilines is 3. The van der Waals surface area contributed by atoms with E-state index in [0.717, 1.165) is 19.6 Å². The van der Waals surface area contributed by atoms with E-state index in [0.29, 0.717) is 36.1 Å². The van der Waals surface area contributed by atoms with Crippen LogP contribution >= 0.6 is 0 Å². The van der Waals surface area contributed by atoms with E-state index < -0.39 is 10.0 Å². The van der Waals surface area contributed by atoms with Crippen molar-refractivity contribution >= 4 is 27.5 Å². The number of hydrogen-bond donors (Lipinski definition) is 3. The van der Waals surface area contributed by atoms with Crippen molar-refractivity contribution in [3.8, 4) is 6.07 Å². The average molecular weight is 416 g/mol. The molecule has 2 heterocycles. The minimum atomic E-state index is -3.55. The third-order valence-electron chi connectivity index (χ3n) is 4.59. The topological polar surface area (TPSA) is 123 Å². The van der Waals surface area contributed by atoms with Gasteiger partial charge in [-0.05, 0) is 57.1 Å². The lowest BCUT2D eigenvalue weighted by molar-refractivity contribution is 0.344. The van der Waals surface area contributed by atoms with Crippen molar-refractivity contribution in [2.45, 2.75) is 24.7 Å². The standard InChI is InChI=1S/C19H25N7O2S/c1-2-21-18-15(13-20)14-22-19(25-18)24-16-5-7-17(8-6-16)29(27,28)23-9-12-26-10-3-4-11-26/h5-8,14,23H,2-4,9-12H2,1H3,(H2,21,22,24,25). The lowest BCUT2D eigenvalue weighted by Gasteiger charge is -2.15. The average Bonchev–Trinajstić information content (AvgIpc) is 3.22. The van der Waals surface area contributed by atoms with Crippen LogP contribution in [-0.4, -0.2) is 56.0 Å². The SMILES string of the molecule is CCNc1nc(Nc2ccc(S(=O)(=O)NCCN3CCCC3)cc2)ncc1C#N. The van der Waals surface area contributed by atoms with E-state index in [1.54, 1.807) is 12.1 Å². The molecule has 0 amide bonds. The molecule has 0 spiro atoms. The molecular weight excluding hydrogens is 390 g/mol. The molecule has 1 aromatic carbocycles. The zero-order chi connectivity index (χ0) is 20.7. The second kappa shape index (κ2) is 9.65. The Bertz CT molecular complexity index is 965. The van der Waals surface area contributed by atoms with Gasteiger partial charge in [0.25, 0.3) is 0 Å². The van der Waals surface area contributed by atoms with E-state index in [2.05, 4.69) is 30.2 Å². The second-order valence-electron chi connectivity index (χ2n) is 6.69. The zero-order valence-corrected chi connectivity index (χ0v) is 17.2. The number of nitrogens with one attached hydrogen (secondary N) is 3. The predicted molar refractivity (Wildman–Crippen MR) is 111 cm³/mol. The first-order valence-electron chi connectivity index (χ1n) is 9.62. The molecule has 9 nitrogen and oxygen atoms in total. The Kier molecular flexibility index (Phi) is 6.98. The number of sulfonamides is 1. The fourth-order valence-electron chi connectivity index (χ4n) is 3.10. The molecule has 0 aliphatic carbocycles. The summed E-state index contributed by atoms with van der Waals surface area (Å²) in [7, 11) is -3.55. The molecule has 1 aliphatic rings. The molecule has 0 radical (unpaired) electrons. The van der Waals surface area contributed by atoms with Crippen LogP contribution in [0.5, 0.6) is 0 Å². The van der Waals surface area contributed by atoms with Crippen LogP contribution in [0.1, 0.15) is 25.3 Å². The van der Waals surface area contributed by atoms with E-state index in [-0.39, 0.29) is 4.90 Å². The van der Waals surface area contributed by atoms with Crippen LogP contribution in [0.4, 0.5) is 17.5 Å². The first-order valence-corrected chi connectivity index (χ1v) is 11.1. The summed E-state index contributed by atoms with van der Waals surface area (Å²) in [4.78, 5) is 10.9. The highest BCUT2D eigenvalue weighted by Gasteiger charge is 2.16. The molecule has 0 unspecified atom stereocenters. The smallest absolute Gasteiger partial charge is 0.240 e. The molecule has 0 saturated carbocycles. The summed E-state index contributed by atoms with van der Waals surface area (Å²) < 4.78 is 27.6. The van der Waals surface area contributed by atoms with Gasteiger partial charge in [0, 0.05) is 25.3 Å². The first-order chi connectivity index (χ1) is 14.0. The van der Waals surface area contributed by atoms with Gasteiger partial charge < -0.3 is 15.5 Å². The number of benzene rings is 1. The fourth-order valence-corrected chi connectivity index (χ4v) is 4.12. The Morgan fingerprint density at radius 1 is 1.21 bits per heavy atom. The number of aromatic nitrogens is 2. The maximum absolute atomic E-state index is 12.4. The van der Waals surface area contributed by atoms with E-state index in [1.807, 2.05) is 13.0 Å². The van der Waals surface area contributed by atoms with Gasteiger partial charge in [-0.1, -0.05) is 0 Å². The third-order valence-corrected chi connectivity index (χ3v) is 6.07. The zero-order valence-electron chi connectivity index (χ0n) is 16.4. The summed E-state index contributed by atoms with van der Waals surface area (Å²) in [5, 5.41) is 15.1. The maximum Gasteiger partial charge on any atom is 0.240 e. The minimum Gasteiger partial charge on any atom is -0.369 e. The van der Waals surface area contributed by atoms with Crippen molar-refractivity contribution in [1.82, 2.24) is 19.6 Å². The van der Waals surface area contributed by atoms with Gasteiger partial charge in [-0.15, -0.1) is 0 Å². The number of hydrogen-bond acceptors (Lipinski definition) is 8. The molecular formula is C19H25N7O2S.